The van der Waals surface area contributed by atoms with Gasteiger partial charge in [0.05, 0.1) is 17.3 Å². The Kier molecular flexibility index (Phi) is 4.54. The van der Waals surface area contributed by atoms with Gasteiger partial charge in [-0.15, -0.1) is 0 Å². The van der Waals surface area contributed by atoms with Crippen LogP contribution in [-0.2, 0) is 6.54 Å². The summed E-state index contributed by atoms with van der Waals surface area (Å²) >= 11 is 6.41. The Bertz CT molecular complexity index is 959. The zero-order chi connectivity index (χ0) is 17.9. The molecule has 1 atom stereocenters. The van der Waals surface area contributed by atoms with Crippen LogP contribution in [0.4, 0.5) is 5.69 Å². The van der Waals surface area contributed by atoms with E-state index in [1.165, 1.54) is 0 Å². The molecular weight excluding hydrogens is 348 g/mol. The van der Waals surface area contributed by atoms with Gasteiger partial charge in [-0.2, -0.15) is 0 Å². The van der Waals surface area contributed by atoms with E-state index in [-0.39, 0.29) is 6.10 Å². The zero-order valence-corrected chi connectivity index (χ0v) is 14.9. The Balaban J connectivity index is 1.48. The van der Waals surface area contributed by atoms with Crippen molar-refractivity contribution in [2.45, 2.75) is 19.6 Å². The first-order chi connectivity index (χ1) is 12.7. The number of benzene rings is 1. The number of amidine groups is 1. The fraction of sp³-hybridized carbons (Fsp3) is 0.150. The molecule has 1 N–H and O–H groups in total. The molecule has 0 saturated carbocycles. The van der Waals surface area contributed by atoms with Crippen molar-refractivity contribution in [2.75, 3.05) is 5.32 Å². The minimum absolute atomic E-state index is 0.192. The molecule has 3 aromatic rings. The number of halogens is 1. The standard InChI is InChI=1S/C20H17ClN4O/c1-13(17-6-2-3-9-22-17)26-18-8-7-15(11-16(18)21)25-20-19-14(12-24-20)5-4-10-23-19/h2-11,13H,12H2,1H3,(H,24,25)/t13-/m0/s1. The number of pyridine rings is 2. The largest absolute Gasteiger partial charge is 0.483 e. The van der Waals surface area contributed by atoms with Crippen LogP contribution in [0.3, 0.4) is 0 Å². The number of hydrogen-bond acceptors (Lipinski definition) is 5. The third-order valence-electron chi connectivity index (χ3n) is 4.13. The van der Waals surface area contributed by atoms with Gasteiger partial charge in [0, 0.05) is 23.6 Å². The minimum Gasteiger partial charge on any atom is -0.483 e. The molecule has 0 radical (unpaired) electrons. The van der Waals surface area contributed by atoms with Gasteiger partial charge < -0.3 is 10.1 Å². The van der Waals surface area contributed by atoms with Crippen LogP contribution >= 0.6 is 11.6 Å². The van der Waals surface area contributed by atoms with Crippen molar-refractivity contribution in [1.29, 1.82) is 0 Å². The number of aromatic nitrogens is 2. The highest BCUT2D eigenvalue weighted by Crippen LogP contribution is 2.31. The van der Waals surface area contributed by atoms with E-state index in [1.54, 1.807) is 12.4 Å². The van der Waals surface area contributed by atoms with Crippen LogP contribution < -0.4 is 10.1 Å². The maximum absolute atomic E-state index is 6.41. The molecule has 5 nitrogen and oxygen atoms in total. The van der Waals surface area contributed by atoms with Crippen molar-refractivity contribution in [1.82, 2.24) is 9.97 Å². The molecule has 0 bridgehead atoms. The van der Waals surface area contributed by atoms with E-state index in [0.29, 0.717) is 17.3 Å². The van der Waals surface area contributed by atoms with Crippen LogP contribution in [0.15, 0.2) is 65.9 Å². The number of hydrogen-bond donors (Lipinski definition) is 1. The van der Waals surface area contributed by atoms with Gasteiger partial charge in [-0.05, 0) is 43.3 Å². The summed E-state index contributed by atoms with van der Waals surface area (Å²) in [5.74, 6) is 1.37. The normalized spacial score (nSPS) is 13.7. The number of aliphatic imine (C=N–C) groups is 1. The van der Waals surface area contributed by atoms with Crippen molar-refractivity contribution < 1.29 is 4.74 Å². The molecule has 2 aromatic heterocycles. The van der Waals surface area contributed by atoms with Gasteiger partial charge in [0.1, 0.15) is 17.5 Å². The number of nitrogens with zero attached hydrogens (tertiary/aromatic N) is 3. The highest BCUT2D eigenvalue weighted by atomic mass is 35.5. The van der Waals surface area contributed by atoms with E-state index in [9.17, 15) is 0 Å². The molecule has 0 spiro atoms. The summed E-state index contributed by atoms with van der Waals surface area (Å²) < 4.78 is 5.95. The summed E-state index contributed by atoms with van der Waals surface area (Å²) in [6.07, 6.45) is 3.32. The SMILES string of the molecule is C[C@H](Oc1ccc(NC2=NCc3cccnc32)cc1Cl)c1ccccn1. The topological polar surface area (TPSA) is 59.4 Å². The second-order valence-corrected chi connectivity index (χ2v) is 6.37. The van der Waals surface area contributed by atoms with Gasteiger partial charge in [-0.25, -0.2) is 0 Å². The predicted octanol–water partition coefficient (Wildman–Crippen LogP) is 4.64. The van der Waals surface area contributed by atoms with Crippen LogP contribution in [0, 0.1) is 0 Å². The van der Waals surface area contributed by atoms with Crippen molar-refractivity contribution in [2.24, 2.45) is 4.99 Å². The second-order valence-electron chi connectivity index (χ2n) is 5.96. The molecule has 130 valence electrons. The van der Waals surface area contributed by atoms with Crippen molar-refractivity contribution in [3.05, 3.63) is 82.9 Å². The Morgan fingerprint density at radius 2 is 1.96 bits per heavy atom. The van der Waals surface area contributed by atoms with Crippen molar-refractivity contribution in [3.63, 3.8) is 0 Å². The van der Waals surface area contributed by atoms with Crippen LogP contribution in [0.5, 0.6) is 5.75 Å². The molecule has 0 amide bonds. The minimum atomic E-state index is -0.192. The van der Waals surface area contributed by atoms with Gasteiger partial charge in [-0.3, -0.25) is 15.0 Å². The number of rotatable bonds is 4. The fourth-order valence-electron chi connectivity index (χ4n) is 2.80. The quantitative estimate of drug-likeness (QED) is 0.732. The molecule has 1 aliphatic rings. The molecule has 0 fully saturated rings. The highest BCUT2D eigenvalue weighted by Gasteiger charge is 2.17. The summed E-state index contributed by atoms with van der Waals surface area (Å²) in [6, 6.07) is 15.3. The van der Waals surface area contributed by atoms with Gasteiger partial charge in [0.25, 0.3) is 0 Å². The van der Waals surface area contributed by atoms with E-state index in [2.05, 4.69) is 20.3 Å². The van der Waals surface area contributed by atoms with Crippen LogP contribution in [0.1, 0.15) is 30.0 Å². The molecular formula is C20H17ClN4O. The summed E-state index contributed by atoms with van der Waals surface area (Å²) in [5.41, 5.74) is 3.69. The number of fused-ring (bicyclic) bond motifs is 1. The van der Waals surface area contributed by atoms with Crippen LogP contribution in [-0.4, -0.2) is 15.8 Å². The van der Waals surface area contributed by atoms with Gasteiger partial charge >= 0.3 is 0 Å². The Hall–Kier alpha value is -2.92. The Labute approximate surface area is 156 Å². The molecule has 0 aliphatic carbocycles. The lowest BCUT2D eigenvalue weighted by Crippen LogP contribution is -2.13. The van der Waals surface area contributed by atoms with Crippen molar-refractivity contribution in [3.8, 4) is 5.75 Å². The zero-order valence-electron chi connectivity index (χ0n) is 14.2. The average Bonchev–Trinajstić information content (AvgIpc) is 3.08. The molecule has 4 rings (SSSR count). The van der Waals surface area contributed by atoms with Gasteiger partial charge in [0.2, 0.25) is 0 Å². The van der Waals surface area contributed by atoms with Gasteiger partial charge in [-0.1, -0.05) is 23.7 Å². The number of nitrogens with one attached hydrogen (secondary N) is 1. The summed E-state index contributed by atoms with van der Waals surface area (Å²) in [5, 5.41) is 3.81. The molecule has 3 heterocycles. The maximum atomic E-state index is 6.41. The molecule has 0 saturated heterocycles. The molecule has 26 heavy (non-hydrogen) atoms. The first kappa shape index (κ1) is 16.5. The predicted molar refractivity (Wildman–Crippen MR) is 103 cm³/mol. The van der Waals surface area contributed by atoms with Crippen LogP contribution in [0.2, 0.25) is 5.02 Å². The molecule has 1 aliphatic heterocycles. The summed E-state index contributed by atoms with van der Waals surface area (Å²) in [4.78, 5) is 13.2. The molecule has 6 heteroatoms. The number of ether oxygens (including phenoxy) is 1. The second kappa shape index (κ2) is 7.14. The summed E-state index contributed by atoms with van der Waals surface area (Å²) in [7, 11) is 0. The third kappa shape index (κ3) is 3.39. The van der Waals surface area contributed by atoms with E-state index in [4.69, 9.17) is 16.3 Å². The third-order valence-corrected chi connectivity index (χ3v) is 4.42. The lowest BCUT2D eigenvalue weighted by molar-refractivity contribution is 0.222. The average molecular weight is 365 g/mol. The van der Waals surface area contributed by atoms with Gasteiger partial charge in [0.15, 0.2) is 5.84 Å². The molecule has 1 aromatic carbocycles. The van der Waals surface area contributed by atoms with Crippen LogP contribution in [0.25, 0.3) is 0 Å². The molecule has 0 unspecified atom stereocenters. The first-order valence-electron chi connectivity index (χ1n) is 8.33. The lowest BCUT2D eigenvalue weighted by atomic mass is 10.2. The lowest BCUT2D eigenvalue weighted by Gasteiger charge is -2.16. The van der Waals surface area contributed by atoms with E-state index in [1.807, 2.05) is 55.5 Å². The smallest absolute Gasteiger partial charge is 0.152 e. The maximum Gasteiger partial charge on any atom is 0.152 e. The number of anilines is 1. The van der Waals surface area contributed by atoms with E-state index in [0.717, 1.165) is 28.5 Å². The Morgan fingerprint density at radius 1 is 1.08 bits per heavy atom. The Morgan fingerprint density at radius 3 is 2.77 bits per heavy atom. The summed E-state index contributed by atoms with van der Waals surface area (Å²) in [6.45, 7) is 2.59. The first-order valence-corrected chi connectivity index (χ1v) is 8.71. The van der Waals surface area contributed by atoms with E-state index < -0.39 is 0 Å². The monoisotopic (exact) mass is 364 g/mol. The fourth-order valence-corrected chi connectivity index (χ4v) is 3.02. The van der Waals surface area contributed by atoms with E-state index >= 15 is 0 Å². The van der Waals surface area contributed by atoms with Crippen molar-refractivity contribution >= 4 is 23.1 Å². The highest BCUT2D eigenvalue weighted by molar-refractivity contribution is 6.32.